The highest BCUT2D eigenvalue weighted by Gasteiger charge is 2.14. The Hall–Kier alpha value is -3.25. The molecule has 3 aromatic rings. The molecule has 0 atom stereocenters. The zero-order valence-electron chi connectivity index (χ0n) is 20.1. The minimum Gasteiger partial charge on any atom is -0.352 e. The number of benzene rings is 2. The van der Waals surface area contributed by atoms with Crippen molar-refractivity contribution in [2.45, 2.75) is 40.5 Å². The van der Waals surface area contributed by atoms with Crippen LogP contribution >= 0.6 is 0 Å². The van der Waals surface area contributed by atoms with Gasteiger partial charge in [0.15, 0.2) is 0 Å². The quantitative estimate of drug-likeness (QED) is 0.429. The van der Waals surface area contributed by atoms with Crippen LogP contribution in [0.3, 0.4) is 0 Å². The number of aromatic nitrogens is 1. The van der Waals surface area contributed by atoms with Gasteiger partial charge < -0.3 is 15.5 Å². The largest absolute Gasteiger partial charge is 0.352 e. The maximum absolute atomic E-state index is 13.2. The van der Waals surface area contributed by atoms with Gasteiger partial charge in [0, 0.05) is 30.1 Å². The highest BCUT2D eigenvalue weighted by molar-refractivity contribution is 6.07. The van der Waals surface area contributed by atoms with Crippen LogP contribution in [0.5, 0.6) is 0 Å². The van der Waals surface area contributed by atoms with Crippen LogP contribution in [0, 0.1) is 6.92 Å². The Labute approximate surface area is 196 Å². The van der Waals surface area contributed by atoms with Crippen LogP contribution in [-0.4, -0.2) is 47.9 Å². The Morgan fingerprint density at radius 2 is 1.76 bits per heavy atom. The van der Waals surface area contributed by atoms with Gasteiger partial charge in [-0.2, -0.15) is 0 Å². The van der Waals surface area contributed by atoms with Crippen LogP contribution in [0.1, 0.15) is 49.5 Å². The molecule has 0 saturated carbocycles. The number of carbonyl (C=O) groups excluding carboxylic acids is 2. The Balaban J connectivity index is 1.83. The molecule has 2 aromatic carbocycles. The molecule has 0 radical (unpaired) electrons. The summed E-state index contributed by atoms with van der Waals surface area (Å²) in [5.74, 6) is -0.194. The topological polar surface area (TPSA) is 74.3 Å². The Bertz CT molecular complexity index is 1110. The molecule has 174 valence electrons. The molecule has 0 aliphatic carbocycles. The molecule has 0 aliphatic heterocycles. The molecule has 1 heterocycles. The maximum atomic E-state index is 13.2. The van der Waals surface area contributed by atoms with Crippen LogP contribution in [-0.2, 0) is 4.79 Å². The highest BCUT2D eigenvalue weighted by Crippen LogP contribution is 2.26. The van der Waals surface area contributed by atoms with Gasteiger partial charge in [0.05, 0.1) is 16.8 Å². The summed E-state index contributed by atoms with van der Waals surface area (Å²) in [5.41, 5.74) is 4.85. The number of aryl methyl sites for hydroxylation is 1. The highest BCUT2D eigenvalue weighted by atomic mass is 16.2. The predicted octanol–water partition coefficient (Wildman–Crippen LogP) is 5.02. The zero-order valence-corrected chi connectivity index (χ0v) is 20.1. The third-order valence-electron chi connectivity index (χ3n) is 5.63. The minimum atomic E-state index is -0.113. The van der Waals surface area contributed by atoms with Gasteiger partial charge in [0.25, 0.3) is 5.91 Å². The van der Waals surface area contributed by atoms with Gasteiger partial charge in [0.1, 0.15) is 0 Å². The van der Waals surface area contributed by atoms with Crippen molar-refractivity contribution in [2.24, 2.45) is 0 Å². The van der Waals surface area contributed by atoms with E-state index in [4.69, 9.17) is 4.98 Å². The first-order valence-corrected chi connectivity index (χ1v) is 11.7. The molecule has 2 N–H and O–H groups in total. The zero-order chi connectivity index (χ0) is 23.8. The molecule has 0 unspecified atom stereocenters. The van der Waals surface area contributed by atoms with Crippen molar-refractivity contribution in [1.82, 2.24) is 15.2 Å². The molecule has 6 nitrogen and oxygen atoms in total. The van der Waals surface area contributed by atoms with Crippen molar-refractivity contribution >= 4 is 28.4 Å². The van der Waals surface area contributed by atoms with Crippen molar-refractivity contribution in [3.63, 3.8) is 0 Å². The number of pyridine rings is 1. The first kappa shape index (κ1) is 24.4. The molecule has 2 amide bonds. The average molecular weight is 447 g/mol. The predicted molar refractivity (Wildman–Crippen MR) is 136 cm³/mol. The van der Waals surface area contributed by atoms with E-state index < -0.39 is 0 Å². The summed E-state index contributed by atoms with van der Waals surface area (Å²) in [6.45, 7) is 11.6. The van der Waals surface area contributed by atoms with E-state index in [1.165, 1.54) is 6.92 Å². The number of nitrogens with zero attached hydrogens (tertiary/aromatic N) is 2. The smallest absolute Gasteiger partial charge is 0.252 e. The van der Waals surface area contributed by atoms with E-state index in [9.17, 15) is 9.59 Å². The van der Waals surface area contributed by atoms with E-state index in [2.05, 4.69) is 29.4 Å². The molecule has 0 fully saturated rings. The summed E-state index contributed by atoms with van der Waals surface area (Å²) in [6, 6.07) is 15.3. The summed E-state index contributed by atoms with van der Waals surface area (Å²) in [7, 11) is 0. The van der Waals surface area contributed by atoms with Crippen molar-refractivity contribution in [3.05, 3.63) is 59.7 Å². The fourth-order valence-corrected chi connectivity index (χ4v) is 3.95. The van der Waals surface area contributed by atoms with E-state index >= 15 is 0 Å². The number of hydrogen-bond donors (Lipinski definition) is 2. The lowest BCUT2D eigenvalue weighted by molar-refractivity contribution is -0.114. The number of rotatable bonds is 10. The molecular weight excluding hydrogens is 412 g/mol. The van der Waals surface area contributed by atoms with E-state index in [1.54, 1.807) is 0 Å². The fraction of sp³-hybridized carbons (Fsp3) is 0.370. The van der Waals surface area contributed by atoms with E-state index in [0.717, 1.165) is 65.9 Å². The lowest BCUT2D eigenvalue weighted by atomic mass is 10.0. The Kier molecular flexibility index (Phi) is 8.55. The van der Waals surface area contributed by atoms with Gasteiger partial charge in [0.2, 0.25) is 5.91 Å². The average Bonchev–Trinajstić information content (AvgIpc) is 2.80. The SMILES string of the molecule is CCCN(CC)CCCNC(=O)c1cc(-c2ccc(NC(C)=O)cc2)nc2ccc(C)cc12. The molecule has 33 heavy (non-hydrogen) atoms. The first-order chi connectivity index (χ1) is 15.9. The van der Waals surface area contributed by atoms with Crippen molar-refractivity contribution in [1.29, 1.82) is 0 Å². The third kappa shape index (κ3) is 6.62. The number of fused-ring (bicyclic) bond motifs is 1. The van der Waals surface area contributed by atoms with E-state index in [0.29, 0.717) is 12.1 Å². The van der Waals surface area contributed by atoms with Crippen LogP contribution in [0.4, 0.5) is 5.69 Å². The minimum absolute atomic E-state index is 0.0809. The number of nitrogens with one attached hydrogen (secondary N) is 2. The van der Waals surface area contributed by atoms with Crippen molar-refractivity contribution < 1.29 is 9.59 Å². The van der Waals surface area contributed by atoms with Crippen LogP contribution < -0.4 is 10.6 Å². The maximum Gasteiger partial charge on any atom is 0.252 e. The normalized spacial score (nSPS) is 11.1. The van der Waals surface area contributed by atoms with Gasteiger partial charge in [-0.15, -0.1) is 0 Å². The number of carbonyl (C=O) groups is 2. The Morgan fingerprint density at radius 3 is 2.42 bits per heavy atom. The van der Waals surface area contributed by atoms with Crippen LogP contribution in [0.25, 0.3) is 22.2 Å². The molecule has 0 saturated heterocycles. The second kappa shape index (κ2) is 11.6. The molecule has 0 aliphatic rings. The fourth-order valence-electron chi connectivity index (χ4n) is 3.95. The van der Waals surface area contributed by atoms with Gasteiger partial charge in [-0.25, -0.2) is 4.98 Å². The van der Waals surface area contributed by atoms with Gasteiger partial charge in [-0.05, 0) is 69.7 Å². The second-order valence-electron chi connectivity index (χ2n) is 8.38. The molecular formula is C27H34N4O2. The molecule has 3 rings (SSSR count). The van der Waals surface area contributed by atoms with E-state index in [-0.39, 0.29) is 11.8 Å². The lowest BCUT2D eigenvalue weighted by Crippen LogP contribution is -2.30. The lowest BCUT2D eigenvalue weighted by Gasteiger charge is -2.19. The third-order valence-corrected chi connectivity index (χ3v) is 5.63. The second-order valence-corrected chi connectivity index (χ2v) is 8.38. The molecule has 6 heteroatoms. The van der Waals surface area contributed by atoms with Crippen molar-refractivity contribution in [3.8, 4) is 11.3 Å². The van der Waals surface area contributed by atoms with Crippen LogP contribution in [0.2, 0.25) is 0 Å². The van der Waals surface area contributed by atoms with Gasteiger partial charge in [-0.3, -0.25) is 9.59 Å². The van der Waals surface area contributed by atoms with Crippen molar-refractivity contribution in [2.75, 3.05) is 31.5 Å². The molecule has 0 spiro atoms. The molecule has 0 bridgehead atoms. The van der Waals surface area contributed by atoms with E-state index in [1.807, 2.05) is 55.5 Å². The monoisotopic (exact) mass is 446 g/mol. The molecule has 1 aromatic heterocycles. The van der Waals surface area contributed by atoms with Gasteiger partial charge >= 0.3 is 0 Å². The first-order valence-electron chi connectivity index (χ1n) is 11.7. The Morgan fingerprint density at radius 1 is 1.00 bits per heavy atom. The number of amides is 2. The summed E-state index contributed by atoms with van der Waals surface area (Å²) < 4.78 is 0. The summed E-state index contributed by atoms with van der Waals surface area (Å²) in [5, 5.41) is 6.73. The summed E-state index contributed by atoms with van der Waals surface area (Å²) >= 11 is 0. The number of anilines is 1. The van der Waals surface area contributed by atoms with Gasteiger partial charge in [-0.1, -0.05) is 37.6 Å². The van der Waals surface area contributed by atoms with Crippen LogP contribution in [0.15, 0.2) is 48.5 Å². The standard InChI is InChI=1S/C27H34N4O2/c1-5-15-31(6-2)16-7-14-28-27(33)24-18-26(30-25-13-8-19(3)17-23(24)25)21-9-11-22(12-10-21)29-20(4)32/h8-13,17-18H,5-7,14-16H2,1-4H3,(H,28,33)(H,29,32). The summed E-state index contributed by atoms with van der Waals surface area (Å²) in [4.78, 5) is 31.7. The summed E-state index contributed by atoms with van der Waals surface area (Å²) in [6.07, 6.45) is 2.05. The number of hydrogen-bond acceptors (Lipinski definition) is 4.